The molecule has 1 unspecified atom stereocenters. The van der Waals surface area contributed by atoms with Gasteiger partial charge in [0.15, 0.2) is 0 Å². The van der Waals surface area contributed by atoms with Gasteiger partial charge in [-0.25, -0.2) is 4.98 Å². The normalized spacial score (nSPS) is 23.7. The van der Waals surface area contributed by atoms with Crippen LogP contribution in [0, 0.1) is 0 Å². The molecule has 1 N–H and O–H groups in total. The molecule has 21 heavy (non-hydrogen) atoms. The summed E-state index contributed by atoms with van der Waals surface area (Å²) in [5.41, 5.74) is 1.15. The molecule has 3 rings (SSSR count). The maximum Gasteiger partial charge on any atom is 0.128 e. The van der Waals surface area contributed by atoms with Gasteiger partial charge >= 0.3 is 0 Å². The summed E-state index contributed by atoms with van der Waals surface area (Å²) in [4.78, 5) is 9.98. The first kappa shape index (κ1) is 14.8. The molecule has 0 radical (unpaired) electrons. The number of pyridine rings is 1. The maximum atomic E-state index is 4.82. The molecule has 116 valence electrons. The van der Waals surface area contributed by atoms with E-state index in [0.717, 1.165) is 43.7 Å². The fourth-order valence-electron chi connectivity index (χ4n) is 3.53. The van der Waals surface area contributed by atoms with Gasteiger partial charge in [0, 0.05) is 25.7 Å². The van der Waals surface area contributed by atoms with E-state index in [1.54, 1.807) is 0 Å². The minimum atomic E-state index is 0.740. The summed E-state index contributed by atoms with van der Waals surface area (Å²) in [5.74, 6) is 1.16. The molecule has 4 heteroatoms. The van der Waals surface area contributed by atoms with Crippen molar-refractivity contribution in [2.24, 2.45) is 0 Å². The van der Waals surface area contributed by atoms with Gasteiger partial charge in [0.1, 0.15) is 5.82 Å². The molecule has 1 aromatic rings. The highest BCUT2D eigenvalue weighted by Crippen LogP contribution is 2.24. The van der Waals surface area contributed by atoms with Crippen LogP contribution in [0.1, 0.15) is 38.3 Å². The second kappa shape index (κ2) is 7.23. The van der Waals surface area contributed by atoms with Crippen LogP contribution in [-0.2, 0) is 6.54 Å². The number of hydrogen-bond acceptors (Lipinski definition) is 4. The molecule has 0 amide bonds. The smallest absolute Gasteiger partial charge is 0.128 e. The van der Waals surface area contributed by atoms with Crippen molar-refractivity contribution in [3.8, 4) is 0 Å². The van der Waals surface area contributed by atoms with E-state index >= 15 is 0 Å². The molecule has 2 aliphatic heterocycles. The third kappa shape index (κ3) is 3.74. The van der Waals surface area contributed by atoms with Crippen molar-refractivity contribution in [2.45, 2.75) is 45.2 Å². The number of aromatic nitrogens is 1. The number of nitrogens with zero attached hydrogens (tertiary/aromatic N) is 3. The summed E-state index contributed by atoms with van der Waals surface area (Å²) in [7, 11) is 0. The zero-order valence-electron chi connectivity index (χ0n) is 13.2. The summed E-state index contributed by atoms with van der Waals surface area (Å²) in [5, 5.41) is 3.35. The first-order valence-electron chi connectivity index (χ1n) is 8.52. The quantitative estimate of drug-likeness (QED) is 0.900. The number of likely N-dealkylation sites (tertiary alicyclic amines) is 1. The van der Waals surface area contributed by atoms with Crippen LogP contribution in [0.4, 0.5) is 5.82 Å². The monoisotopic (exact) mass is 288 g/mol. The molecule has 0 spiro atoms. The van der Waals surface area contributed by atoms with E-state index in [-0.39, 0.29) is 0 Å². The summed E-state index contributed by atoms with van der Waals surface area (Å²) < 4.78 is 0. The van der Waals surface area contributed by atoms with Crippen LogP contribution in [0.3, 0.4) is 0 Å². The molecule has 3 heterocycles. The van der Waals surface area contributed by atoms with E-state index in [2.05, 4.69) is 40.2 Å². The molecule has 1 aromatic heterocycles. The van der Waals surface area contributed by atoms with Crippen LogP contribution >= 0.6 is 0 Å². The average Bonchev–Trinajstić information content (AvgIpc) is 3.04. The zero-order valence-corrected chi connectivity index (χ0v) is 13.2. The molecule has 2 aliphatic rings. The molecule has 1 atom stereocenters. The van der Waals surface area contributed by atoms with Crippen LogP contribution in [0.2, 0.25) is 0 Å². The molecule has 4 nitrogen and oxygen atoms in total. The molecule has 2 fully saturated rings. The topological polar surface area (TPSA) is 31.4 Å². The molecule has 0 saturated carbocycles. The number of rotatable bonds is 5. The third-order valence-corrected chi connectivity index (χ3v) is 4.74. The van der Waals surface area contributed by atoms with Gasteiger partial charge in [-0.3, -0.25) is 4.90 Å². The number of piperidine rings is 1. The Morgan fingerprint density at radius 1 is 1.19 bits per heavy atom. The Morgan fingerprint density at radius 2 is 2.05 bits per heavy atom. The highest BCUT2D eigenvalue weighted by Gasteiger charge is 2.29. The van der Waals surface area contributed by atoms with Crippen molar-refractivity contribution >= 4 is 5.82 Å². The van der Waals surface area contributed by atoms with Gasteiger partial charge in [0.25, 0.3) is 0 Å². The number of hydrogen-bond donors (Lipinski definition) is 1. The summed E-state index contributed by atoms with van der Waals surface area (Å²) >= 11 is 0. The summed E-state index contributed by atoms with van der Waals surface area (Å²) in [6.45, 7) is 8.89. The fraction of sp³-hybridized carbons (Fsp3) is 0.706. The van der Waals surface area contributed by atoms with E-state index in [1.165, 1.54) is 38.8 Å². The van der Waals surface area contributed by atoms with Gasteiger partial charge in [-0.15, -0.1) is 0 Å². The Balaban J connectivity index is 1.60. The van der Waals surface area contributed by atoms with Crippen molar-refractivity contribution in [1.82, 2.24) is 15.2 Å². The van der Waals surface area contributed by atoms with E-state index in [0.29, 0.717) is 0 Å². The van der Waals surface area contributed by atoms with E-state index in [9.17, 15) is 0 Å². The van der Waals surface area contributed by atoms with Crippen LogP contribution < -0.4 is 10.2 Å². The Kier molecular flexibility index (Phi) is 5.09. The van der Waals surface area contributed by atoms with Gasteiger partial charge < -0.3 is 10.2 Å². The van der Waals surface area contributed by atoms with E-state index < -0.39 is 0 Å². The van der Waals surface area contributed by atoms with Gasteiger partial charge in [-0.2, -0.15) is 0 Å². The Bertz CT molecular complexity index is 442. The predicted molar refractivity (Wildman–Crippen MR) is 87.7 cm³/mol. The minimum absolute atomic E-state index is 0.740. The van der Waals surface area contributed by atoms with Crippen molar-refractivity contribution in [1.29, 1.82) is 0 Å². The zero-order chi connectivity index (χ0) is 14.5. The predicted octanol–water partition coefficient (Wildman–Crippen LogP) is 2.26. The van der Waals surface area contributed by atoms with Crippen LogP contribution in [0.15, 0.2) is 18.2 Å². The van der Waals surface area contributed by atoms with E-state index in [1.807, 2.05) is 0 Å². The van der Waals surface area contributed by atoms with Crippen LogP contribution in [0.25, 0.3) is 0 Å². The fourth-order valence-corrected chi connectivity index (χ4v) is 3.53. The van der Waals surface area contributed by atoms with Crippen molar-refractivity contribution in [2.75, 3.05) is 37.6 Å². The SMILES string of the molecule is CCNCc1cccc(N2CCC(N3CCCCC3)C2)n1. The lowest BCUT2D eigenvalue weighted by Gasteiger charge is -2.32. The van der Waals surface area contributed by atoms with Gasteiger partial charge in [-0.1, -0.05) is 19.4 Å². The van der Waals surface area contributed by atoms with Gasteiger partial charge in [0.2, 0.25) is 0 Å². The highest BCUT2D eigenvalue weighted by atomic mass is 15.3. The lowest BCUT2D eigenvalue weighted by atomic mass is 10.1. The first-order valence-corrected chi connectivity index (χ1v) is 8.52. The number of anilines is 1. The lowest BCUT2D eigenvalue weighted by Crippen LogP contribution is -2.41. The van der Waals surface area contributed by atoms with Crippen molar-refractivity contribution in [3.63, 3.8) is 0 Å². The van der Waals surface area contributed by atoms with Gasteiger partial charge in [-0.05, 0) is 51.0 Å². The lowest BCUT2D eigenvalue weighted by molar-refractivity contribution is 0.175. The average molecular weight is 288 g/mol. The van der Waals surface area contributed by atoms with Crippen molar-refractivity contribution in [3.05, 3.63) is 23.9 Å². The van der Waals surface area contributed by atoms with Crippen molar-refractivity contribution < 1.29 is 0 Å². The molecular weight excluding hydrogens is 260 g/mol. The summed E-state index contributed by atoms with van der Waals surface area (Å²) in [6, 6.07) is 7.16. The maximum absolute atomic E-state index is 4.82. The second-order valence-corrected chi connectivity index (χ2v) is 6.25. The minimum Gasteiger partial charge on any atom is -0.355 e. The molecule has 0 aromatic carbocycles. The highest BCUT2D eigenvalue weighted by molar-refractivity contribution is 5.41. The number of nitrogens with one attached hydrogen (secondary N) is 1. The Hall–Kier alpha value is -1.13. The Labute approximate surface area is 128 Å². The standard InChI is InChI=1S/C17H28N4/c1-2-18-13-15-7-6-8-17(19-15)21-12-9-16(14-21)20-10-4-3-5-11-20/h6-8,16,18H,2-5,9-14H2,1H3. The van der Waals surface area contributed by atoms with Crippen LogP contribution in [-0.4, -0.2) is 48.6 Å². The molecule has 0 bridgehead atoms. The molecule has 2 saturated heterocycles. The third-order valence-electron chi connectivity index (χ3n) is 4.74. The van der Waals surface area contributed by atoms with Crippen LogP contribution in [0.5, 0.6) is 0 Å². The molecular formula is C17H28N4. The van der Waals surface area contributed by atoms with E-state index in [4.69, 9.17) is 4.98 Å². The second-order valence-electron chi connectivity index (χ2n) is 6.25. The summed E-state index contributed by atoms with van der Waals surface area (Å²) in [6.07, 6.45) is 5.47. The first-order chi connectivity index (χ1) is 10.4. The molecule has 0 aliphatic carbocycles. The largest absolute Gasteiger partial charge is 0.355 e. The Morgan fingerprint density at radius 3 is 2.86 bits per heavy atom. The van der Waals surface area contributed by atoms with Gasteiger partial charge in [0.05, 0.1) is 5.69 Å².